The summed E-state index contributed by atoms with van der Waals surface area (Å²) in [6.45, 7) is 2.55. The average molecular weight is 298 g/mol. The van der Waals surface area contributed by atoms with E-state index in [4.69, 9.17) is 16.3 Å². The standard InChI is InChI=1S/C13H16ClN3OS/c1-3-11(15-2)13-17-16-12(19-13)8-18-10-6-4-9(14)5-7-10/h4-7,11,15H,3,8H2,1-2H3. The first-order chi connectivity index (χ1) is 9.22. The third kappa shape index (κ3) is 3.89. The molecule has 1 heterocycles. The normalized spacial score (nSPS) is 12.4. The lowest BCUT2D eigenvalue weighted by Gasteiger charge is -2.08. The quantitative estimate of drug-likeness (QED) is 0.887. The van der Waals surface area contributed by atoms with E-state index in [2.05, 4.69) is 22.4 Å². The number of hydrogen-bond donors (Lipinski definition) is 1. The third-order valence-electron chi connectivity index (χ3n) is 2.71. The van der Waals surface area contributed by atoms with E-state index in [1.165, 1.54) is 0 Å². The lowest BCUT2D eigenvalue weighted by Crippen LogP contribution is -2.14. The van der Waals surface area contributed by atoms with Crippen molar-refractivity contribution in [2.24, 2.45) is 0 Å². The van der Waals surface area contributed by atoms with E-state index in [-0.39, 0.29) is 6.04 Å². The zero-order chi connectivity index (χ0) is 13.7. The van der Waals surface area contributed by atoms with Crippen molar-refractivity contribution in [1.82, 2.24) is 15.5 Å². The maximum Gasteiger partial charge on any atom is 0.155 e. The van der Waals surface area contributed by atoms with Crippen LogP contribution in [0.5, 0.6) is 5.75 Å². The largest absolute Gasteiger partial charge is 0.486 e. The van der Waals surface area contributed by atoms with E-state index >= 15 is 0 Å². The van der Waals surface area contributed by atoms with Crippen LogP contribution in [0.2, 0.25) is 5.02 Å². The number of aromatic nitrogens is 2. The minimum Gasteiger partial charge on any atom is -0.486 e. The van der Waals surface area contributed by atoms with Gasteiger partial charge in [-0.2, -0.15) is 0 Å². The number of nitrogens with zero attached hydrogens (tertiary/aromatic N) is 2. The predicted octanol–water partition coefficient (Wildman–Crippen LogP) is 3.44. The molecule has 6 heteroatoms. The summed E-state index contributed by atoms with van der Waals surface area (Å²) in [5, 5.41) is 14.1. The van der Waals surface area contributed by atoms with Gasteiger partial charge in [0.1, 0.15) is 17.4 Å². The zero-order valence-electron chi connectivity index (χ0n) is 10.9. The fraction of sp³-hybridized carbons (Fsp3) is 0.385. The Balaban J connectivity index is 1.95. The molecule has 19 heavy (non-hydrogen) atoms. The fourth-order valence-electron chi connectivity index (χ4n) is 1.64. The van der Waals surface area contributed by atoms with E-state index in [9.17, 15) is 0 Å². The van der Waals surface area contributed by atoms with Crippen LogP contribution in [-0.4, -0.2) is 17.2 Å². The summed E-state index contributed by atoms with van der Waals surface area (Å²) in [6, 6.07) is 7.55. The van der Waals surface area contributed by atoms with Crippen molar-refractivity contribution in [2.75, 3.05) is 7.05 Å². The second-order valence-electron chi connectivity index (χ2n) is 4.03. The highest BCUT2D eigenvalue weighted by Gasteiger charge is 2.13. The van der Waals surface area contributed by atoms with Gasteiger partial charge in [-0.3, -0.25) is 0 Å². The highest BCUT2D eigenvalue weighted by Crippen LogP contribution is 2.22. The zero-order valence-corrected chi connectivity index (χ0v) is 12.5. The van der Waals surface area contributed by atoms with Crippen LogP contribution in [0.3, 0.4) is 0 Å². The van der Waals surface area contributed by atoms with Gasteiger partial charge >= 0.3 is 0 Å². The molecule has 0 bridgehead atoms. The number of rotatable bonds is 6. The van der Waals surface area contributed by atoms with Gasteiger partial charge in [-0.05, 0) is 37.7 Å². The summed E-state index contributed by atoms with van der Waals surface area (Å²) in [4.78, 5) is 0. The molecule has 1 N–H and O–H groups in total. The van der Waals surface area contributed by atoms with Gasteiger partial charge in [0.25, 0.3) is 0 Å². The van der Waals surface area contributed by atoms with Crippen LogP contribution in [0.25, 0.3) is 0 Å². The highest BCUT2D eigenvalue weighted by atomic mass is 35.5. The Morgan fingerprint density at radius 2 is 2.05 bits per heavy atom. The molecular weight excluding hydrogens is 282 g/mol. The van der Waals surface area contributed by atoms with Gasteiger partial charge in [-0.25, -0.2) is 0 Å². The highest BCUT2D eigenvalue weighted by molar-refractivity contribution is 7.11. The van der Waals surface area contributed by atoms with E-state index in [1.54, 1.807) is 23.5 Å². The first kappa shape index (κ1) is 14.2. The number of halogens is 1. The molecule has 0 aliphatic heterocycles. The van der Waals surface area contributed by atoms with Crippen LogP contribution < -0.4 is 10.1 Å². The lowest BCUT2D eigenvalue weighted by atomic mass is 10.2. The molecule has 0 aliphatic rings. The Morgan fingerprint density at radius 1 is 1.32 bits per heavy atom. The third-order valence-corrected chi connectivity index (χ3v) is 3.98. The van der Waals surface area contributed by atoms with Crippen LogP contribution in [0.15, 0.2) is 24.3 Å². The molecule has 102 valence electrons. The van der Waals surface area contributed by atoms with Gasteiger partial charge in [0.2, 0.25) is 0 Å². The average Bonchev–Trinajstić information content (AvgIpc) is 2.88. The van der Waals surface area contributed by atoms with Gasteiger partial charge in [0.15, 0.2) is 5.01 Å². The summed E-state index contributed by atoms with van der Waals surface area (Å²) in [5.41, 5.74) is 0. The maximum absolute atomic E-state index is 5.82. The predicted molar refractivity (Wildman–Crippen MR) is 77.8 cm³/mol. The van der Waals surface area contributed by atoms with E-state index in [0.717, 1.165) is 22.2 Å². The summed E-state index contributed by atoms with van der Waals surface area (Å²) in [7, 11) is 1.93. The Labute approximate surface area is 121 Å². The Kier molecular flexibility index (Phi) is 5.13. The van der Waals surface area contributed by atoms with Gasteiger partial charge in [-0.15, -0.1) is 10.2 Å². The lowest BCUT2D eigenvalue weighted by molar-refractivity contribution is 0.304. The number of ether oxygens (including phenoxy) is 1. The summed E-state index contributed by atoms with van der Waals surface area (Å²) in [5.74, 6) is 0.779. The van der Waals surface area contributed by atoms with Crippen molar-refractivity contribution in [1.29, 1.82) is 0 Å². The molecule has 1 atom stereocenters. The molecule has 1 aromatic heterocycles. The van der Waals surface area contributed by atoms with Crippen molar-refractivity contribution >= 4 is 22.9 Å². The second-order valence-corrected chi connectivity index (χ2v) is 5.56. The molecule has 2 aromatic rings. The molecule has 0 amide bonds. The van der Waals surface area contributed by atoms with Gasteiger partial charge in [0, 0.05) is 5.02 Å². The Bertz CT molecular complexity index is 511. The molecule has 0 saturated carbocycles. The molecule has 0 radical (unpaired) electrons. The summed E-state index contributed by atoms with van der Waals surface area (Å²) in [6.07, 6.45) is 0.989. The molecule has 0 fully saturated rings. The fourth-order valence-corrected chi connectivity index (χ4v) is 2.72. The Morgan fingerprint density at radius 3 is 2.68 bits per heavy atom. The molecule has 1 unspecified atom stereocenters. The molecule has 0 aliphatic carbocycles. The van der Waals surface area contributed by atoms with Gasteiger partial charge in [0.05, 0.1) is 6.04 Å². The molecule has 2 rings (SSSR count). The summed E-state index contributed by atoms with van der Waals surface area (Å²) < 4.78 is 5.64. The van der Waals surface area contributed by atoms with Crippen molar-refractivity contribution < 1.29 is 4.74 Å². The Hall–Kier alpha value is -1.17. The molecule has 0 saturated heterocycles. The maximum atomic E-state index is 5.82. The van der Waals surface area contributed by atoms with Crippen LogP contribution >= 0.6 is 22.9 Å². The van der Waals surface area contributed by atoms with Crippen molar-refractivity contribution in [3.05, 3.63) is 39.3 Å². The van der Waals surface area contributed by atoms with E-state index < -0.39 is 0 Å². The van der Waals surface area contributed by atoms with Crippen molar-refractivity contribution in [3.8, 4) is 5.75 Å². The first-order valence-electron chi connectivity index (χ1n) is 6.10. The number of benzene rings is 1. The van der Waals surface area contributed by atoms with Crippen LogP contribution in [-0.2, 0) is 6.61 Å². The molecule has 4 nitrogen and oxygen atoms in total. The van der Waals surface area contributed by atoms with Gasteiger partial charge in [-0.1, -0.05) is 29.9 Å². The minimum atomic E-state index is 0.266. The van der Waals surface area contributed by atoms with E-state index in [1.807, 2.05) is 19.2 Å². The monoisotopic (exact) mass is 297 g/mol. The number of nitrogens with one attached hydrogen (secondary N) is 1. The van der Waals surface area contributed by atoms with Crippen molar-refractivity contribution in [2.45, 2.75) is 26.0 Å². The summed E-state index contributed by atoms with van der Waals surface area (Å²) >= 11 is 7.39. The van der Waals surface area contributed by atoms with Crippen LogP contribution in [0.4, 0.5) is 0 Å². The van der Waals surface area contributed by atoms with Gasteiger partial charge < -0.3 is 10.1 Å². The second kappa shape index (κ2) is 6.84. The number of hydrogen-bond acceptors (Lipinski definition) is 5. The van der Waals surface area contributed by atoms with Crippen LogP contribution in [0.1, 0.15) is 29.4 Å². The SMILES string of the molecule is CCC(NC)c1nnc(COc2ccc(Cl)cc2)s1. The molecular formula is C13H16ClN3OS. The van der Waals surface area contributed by atoms with Crippen LogP contribution in [0, 0.1) is 0 Å². The van der Waals surface area contributed by atoms with E-state index in [0.29, 0.717) is 11.6 Å². The first-order valence-corrected chi connectivity index (χ1v) is 7.30. The minimum absolute atomic E-state index is 0.266. The smallest absolute Gasteiger partial charge is 0.155 e. The molecule has 0 spiro atoms. The van der Waals surface area contributed by atoms with Crippen molar-refractivity contribution in [3.63, 3.8) is 0 Å². The molecule has 1 aromatic carbocycles. The topological polar surface area (TPSA) is 47.0 Å².